The molecule has 3 aromatic rings. The molecule has 1 saturated heterocycles. The molecule has 1 aliphatic rings. The number of aromatic nitrogens is 1. The molecule has 0 saturated carbocycles. The Morgan fingerprint density at radius 2 is 1.75 bits per heavy atom. The van der Waals surface area contributed by atoms with Gasteiger partial charge in [-0.3, -0.25) is 4.79 Å². The van der Waals surface area contributed by atoms with E-state index in [4.69, 9.17) is 5.26 Å². The molecule has 0 N–H and O–H groups in total. The Balaban J connectivity index is 1.70. The van der Waals surface area contributed by atoms with Gasteiger partial charge in [0, 0.05) is 25.5 Å². The number of pyridine rings is 1. The molecule has 0 radical (unpaired) electrons. The van der Waals surface area contributed by atoms with Crippen LogP contribution in [0.4, 0.5) is 5.69 Å². The zero-order valence-corrected chi connectivity index (χ0v) is 15.7. The monoisotopic (exact) mass is 368 g/mol. The van der Waals surface area contributed by atoms with E-state index in [-0.39, 0.29) is 11.1 Å². The number of nitriles is 2. The van der Waals surface area contributed by atoms with E-state index in [0.717, 1.165) is 42.5 Å². The third kappa shape index (κ3) is 2.92. The lowest BCUT2D eigenvalue weighted by Crippen LogP contribution is -2.35. The number of fused-ring (bicyclic) bond motifs is 1. The molecule has 138 valence electrons. The number of hydrogen-bond acceptors (Lipinski definition) is 4. The zero-order chi connectivity index (χ0) is 19.7. The van der Waals surface area contributed by atoms with Crippen molar-refractivity contribution in [2.45, 2.75) is 18.8 Å². The molecule has 1 aliphatic heterocycles. The van der Waals surface area contributed by atoms with Gasteiger partial charge in [-0.2, -0.15) is 10.5 Å². The van der Waals surface area contributed by atoms with Crippen LogP contribution in [0.5, 0.6) is 0 Å². The molecule has 2 heterocycles. The molecule has 0 aliphatic carbocycles. The standard InChI is InChI=1S/C23H20N4O/c1-26-21-8-3-2-7-19(21)22(20(15-25)23(26)28)27-11-9-17(10-12-27)18-6-4-5-16(13-18)14-24/h2-8,13,17H,9-12H2,1H3. The van der Waals surface area contributed by atoms with Crippen LogP contribution in [0.15, 0.2) is 53.3 Å². The molecule has 0 unspecified atom stereocenters. The summed E-state index contributed by atoms with van der Waals surface area (Å²) in [5.74, 6) is 0.382. The Morgan fingerprint density at radius 3 is 2.46 bits per heavy atom. The molecule has 0 bridgehead atoms. The van der Waals surface area contributed by atoms with Crippen molar-refractivity contribution in [2.24, 2.45) is 7.05 Å². The predicted molar refractivity (Wildman–Crippen MR) is 109 cm³/mol. The lowest BCUT2D eigenvalue weighted by molar-refractivity contribution is 0.505. The Labute approximate surface area is 163 Å². The van der Waals surface area contributed by atoms with Crippen LogP contribution in [0.25, 0.3) is 10.9 Å². The van der Waals surface area contributed by atoms with Crippen molar-refractivity contribution in [3.8, 4) is 12.1 Å². The maximum Gasteiger partial charge on any atom is 0.270 e. The molecule has 0 atom stereocenters. The van der Waals surface area contributed by atoms with Gasteiger partial charge < -0.3 is 9.47 Å². The normalized spacial score (nSPS) is 14.6. The smallest absolute Gasteiger partial charge is 0.270 e. The van der Waals surface area contributed by atoms with Crippen LogP contribution < -0.4 is 10.5 Å². The van der Waals surface area contributed by atoms with E-state index in [1.165, 1.54) is 5.56 Å². The maximum atomic E-state index is 12.7. The quantitative estimate of drug-likeness (QED) is 0.692. The first-order valence-electron chi connectivity index (χ1n) is 9.41. The number of rotatable bonds is 2. The van der Waals surface area contributed by atoms with Crippen LogP contribution in [0, 0.1) is 22.7 Å². The van der Waals surface area contributed by atoms with Gasteiger partial charge in [0.25, 0.3) is 5.56 Å². The highest BCUT2D eigenvalue weighted by Crippen LogP contribution is 2.34. The third-order valence-electron chi connectivity index (χ3n) is 5.69. The number of piperidine rings is 1. The van der Waals surface area contributed by atoms with E-state index in [0.29, 0.717) is 11.5 Å². The van der Waals surface area contributed by atoms with E-state index in [2.05, 4.69) is 23.1 Å². The molecule has 5 heteroatoms. The number of benzene rings is 2. The largest absolute Gasteiger partial charge is 0.370 e. The average Bonchev–Trinajstić information content (AvgIpc) is 2.76. The van der Waals surface area contributed by atoms with Gasteiger partial charge in [-0.25, -0.2) is 0 Å². The van der Waals surface area contributed by atoms with Crippen LogP contribution in [0.2, 0.25) is 0 Å². The maximum absolute atomic E-state index is 12.7. The van der Waals surface area contributed by atoms with Crippen LogP contribution in [0.3, 0.4) is 0 Å². The number of hydrogen-bond donors (Lipinski definition) is 0. The molecular formula is C23H20N4O. The average molecular weight is 368 g/mol. The predicted octanol–water partition coefficient (Wildman–Crippen LogP) is 3.67. The van der Waals surface area contributed by atoms with Gasteiger partial charge >= 0.3 is 0 Å². The second-order valence-corrected chi connectivity index (χ2v) is 7.22. The molecule has 28 heavy (non-hydrogen) atoms. The van der Waals surface area contributed by atoms with Crippen LogP contribution in [-0.4, -0.2) is 17.7 Å². The van der Waals surface area contributed by atoms with Gasteiger partial charge in [-0.05, 0) is 42.5 Å². The van der Waals surface area contributed by atoms with Crippen LogP contribution in [-0.2, 0) is 7.05 Å². The summed E-state index contributed by atoms with van der Waals surface area (Å²) in [5, 5.41) is 19.8. The molecule has 0 amide bonds. The van der Waals surface area contributed by atoms with E-state index in [9.17, 15) is 10.1 Å². The van der Waals surface area contributed by atoms with Crippen molar-refractivity contribution in [1.82, 2.24) is 4.57 Å². The fourth-order valence-electron chi connectivity index (χ4n) is 4.21. The first kappa shape index (κ1) is 17.8. The molecule has 1 aromatic heterocycles. The van der Waals surface area contributed by atoms with Gasteiger partial charge in [0.05, 0.1) is 22.8 Å². The molecule has 5 nitrogen and oxygen atoms in total. The van der Waals surface area contributed by atoms with Crippen molar-refractivity contribution in [3.63, 3.8) is 0 Å². The summed E-state index contributed by atoms with van der Waals surface area (Å²) in [6.45, 7) is 1.54. The number of aryl methyl sites for hydroxylation is 1. The lowest BCUT2D eigenvalue weighted by atomic mass is 9.88. The molecule has 1 fully saturated rings. The second kappa shape index (κ2) is 7.21. The Hall–Kier alpha value is -3.57. The highest BCUT2D eigenvalue weighted by molar-refractivity contribution is 5.94. The summed E-state index contributed by atoms with van der Waals surface area (Å²) in [4.78, 5) is 14.9. The van der Waals surface area contributed by atoms with Crippen molar-refractivity contribution < 1.29 is 0 Å². The minimum Gasteiger partial charge on any atom is -0.370 e. The van der Waals surface area contributed by atoms with Crippen molar-refractivity contribution in [3.05, 3.63) is 75.6 Å². The number of nitrogens with zero attached hydrogens (tertiary/aromatic N) is 4. The molecule has 4 rings (SSSR count). The van der Waals surface area contributed by atoms with E-state index in [1.54, 1.807) is 11.6 Å². The van der Waals surface area contributed by atoms with Crippen molar-refractivity contribution >= 4 is 16.6 Å². The third-order valence-corrected chi connectivity index (χ3v) is 5.69. The van der Waals surface area contributed by atoms with E-state index in [1.807, 2.05) is 42.5 Å². The summed E-state index contributed by atoms with van der Waals surface area (Å²) in [6.07, 6.45) is 1.84. The van der Waals surface area contributed by atoms with Crippen LogP contribution >= 0.6 is 0 Å². The minimum absolute atomic E-state index is 0.214. The zero-order valence-electron chi connectivity index (χ0n) is 15.7. The van der Waals surface area contributed by atoms with Gasteiger partial charge in [-0.1, -0.05) is 30.3 Å². The minimum atomic E-state index is -0.250. The molecule has 0 spiro atoms. The first-order chi connectivity index (χ1) is 13.6. The Bertz CT molecular complexity index is 1190. The summed E-state index contributed by atoms with van der Waals surface area (Å²) >= 11 is 0. The topological polar surface area (TPSA) is 72.8 Å². The summed E-state index contributed by atoms with van der Waals surface area (Å²) < 4.78 is 1.55. The second-order valence-electron chi connectivity index (χ2n) is 7.22. The lowest BCUT2D eigenvalue weighted by Gasteiger charge is -2.35. The number of para-hydroxylation sites is 1. The Kier molecular flexibility index (Phi) is 4.59. The van der Waals surface area contributed by atoms with Gasteiger partial charge in [0.1, 0.15) is 11.6 Å². The van der Waals surface area contributed by atoms with E-state index < -0.39 is 0 Å². The SMILES string of the molecule is Cn1c(=O)c(C#N)c(N2CCC(c3cccc(C#N)c3)CC2)c2ccccc21. The van der Waals surface area contributed by atoms with Gasteiger partial charge in [-0.15, -0.1) is 0 Å². The van der Waals surface area contributed by atoms with Crippen LogP contribution in [0.1, 0.15) is 35.4 Å². The van der Waals surface area contributed by atoms with Crippen molar-refractivity contribution in [1.29, 1.82) is 10.5 Å². The van der Waals surface area contributed by atoms with Gasteiger partial charge in [0.15, 0.2) is 0 Å². The summed E-state index contributed by atoms with van der Waals surface area (Å²) in [7, 11) is 1.71. The molecule has 2 aromatic carbocycles. The fourth-order valence-corrected chi connectivity index (χ4v) is 4.21. The summed E-state index contributed by atoms with van der Waals surface area (Å²) in [5.41, 5.74) is 3.43. The highest BCUT2D eigenvalue weighted by Gasteiger charge is 2.26. The molecular weight excluding hydrogens is 348 g/mol. The fraction of sp³-hybridized carbons (Fsp3) is 0.261. The highest BCUT2D eigenvalue weighted by atomic mass is 16.1. The van der Waals surface area contributed by atoms with Crippen molar-refractivity contribution in [2.75, 3.05) is 18.0 Å². The summed E-state index contributed by atoms with van der Waals surface area (Å²) in [6, 6.07) is 19.9. The van der Waals surface area contributed by atoms with E-state index >= 15 is 0 Å². The first-order valence-corrected chi connectivity index (χ1v) is 9.41. The Morgan fingerprint density at radius 1 is 1.00 bits per heavy atom. The van der Waals surface area contributed by atoms with Gasteiger partial charge in [0.2, 0.25) is 0 Å². The number of anilines is 1.